The van der Waals surface area contributed by atoms with Crippen LogP contribution in [0.2, 0.25) is 0 Å². The molecule has 0 spiro atoms. The quantitative estimate of drug-likeness (QED) is 0.218. The number of benzene rings is 3. The van der Waals surface area contributed by atoms with E-state index in [9.17, 15) is 0 Å². The Morgan fingerprint density at radius 1 is 0.686 bits per heavy atom. The standard InChI is InChI=1S/C30H16N4S/c1-2-6-18-16(5-1)13-17-9-10-19-22-14-21-20-7-3-12-32-29(20)34-24-8-4-11-31-28(24)33-30(34)23(21)15-25(22)35-27(19)26(17)18/h1-12,14-15H,13H2. The van der Waals surface area contributed by atoms with Gasteiger partial charge in [-0.3, -0.25) is 4.40 Å². The molecule has 0 radical (unpaired) electrons. The number of pyridine rings is 3. The van der Waals surface area contributed by atoms with E-state index < -0.39 is 0 Å². The average molecular weight is 465 g/mol. The van der Waals surface area contributed by atoms with Gasteiger partial charge in [-0.05, 0) is 64.9 Å². The molecule has 35 heavy (non-hydrogen) atoms. The number of hydrogen-bond acceptors (Lipinski definition) is 4. The molecule has 0 amide bonds. The average Bonchev–Trinajstić information content (AvgIpc) is 3.58. The van der Waals surface area contributed by atoms with Crippen LogP contribution in [0.15, 0.2) is 85.2 Å². The number of thiophene rings is 1. The number of hydrogen-bond donors (Lipinski definition) is 0. The molecule has 5 heterocycles. The highest BCUT2D eigenvalue weighted by Gasteiger charge is 2.23. The Bertz CT molecular complexity index is 2200. The molecular formula is C30H16N4S. The van der Waals surface area contributed by atoms with Crippen LogP contribution in [0.3, 0.4) is 0 Å². The van der Waals surface area contributed by atoms with E-state index in [0.717, 1.165) is 39.7 Å². The van der Waals surface area contributed by atoms with E-state index in [0.29, 0.717) is 0 Å². The van der Waals surface area contributed by atoms with Gasteiger partial charge >= 0.3 is 0 Å². The van der Waals surface area contributed by atoms with Crippen molar-refractivity contribution in [3.63, 3.8) is 0 Å². The minimum absolute atomic E-state index is 0.748. The molecule has 5 aromatic heterocycles. The third-order valence-electron chi connectivity index (χ3n) is 7.49. The van der Waals surface area contributed by atoms with Gasteiger partial charge in [0.15, 0.2) is 5.65 Å². The van der Waals surface area contributed by atoms with Gasteiger partial charge in [-0.1, -0.05) is 36.4 Å². The van der Waals surface area contributed by atoms with Gasteiger partial charge in [-0.15, -0.1) is 11.3 Å². The first-order valence-corrected chi connectivity index (χ1v) is 12.6. The van der Waals surface area contributed by atoms with Crippen LogP contribution in [0, 0.1) is 0 Å². The van der Waals surface area contributed by atoms with Crippen molar-refractivity contribution in [1.82, 2.24) is 19.4 Å². The highest BCUT2D eigenvalue weighted by atomic mass is 32.1. The fraction of sp³-hybridized carbons (Fsp3) is 0.0333. The summed E-state index contributed by atoms with van der Waals surface area (Å²) in [6, 6.07) is 26.4. The third-order valence-corrected chi connectivity index (χ3v) is 8.68. The summed E-state index contributed by atoms with van der Waals surface area (Å²) in [5.74, 6) is 0. The predicted octanol–water partition coefficient (Wildman–Crippen LogP) is 7.52. The van der Waals surface area contributed by atoms with Gasteiger partial charge in [0.05, 0.1) is 5.52 Å². The first kappa shape index (κ1) is 18.0. The van der Waals surface area contributed by atoms with Gasteiger partial charge in [-0.25, -0.2) is 15.0 Å². The summed E-state index contributed by atoms with van der Waals surface area (Å²) in [6.07, 6.45) is 4.67. The largest absolute Gasteiger partial charge is 0.274 e. The molecule has 8 aromatic rings. The topological polar surface area (TPSA) is 43.1 Å². The van der Waals surface area contributed by atoms with Gasteiger partial charge < -0.3 is 0 Å². The Hall–Kier alpha value is -4.35. The molecule has 0 fully saturated rings. The zero-order valence-corrected chi connectivity index (χ0v) is 19.3. The van der Waals surface area contributed by atoms with Gasteiger partial charge in [-0.2, -0.15) is 0 Å². The summed E-state index contributed by atoms with van der Waals surface area (Å²) in [7, 11) is 0. The van der Waals surface area contributed by atoms with Crippen LogP contribution in [0.1, 0.15) is 11.1 Å². The number of fused-ring (bicyclic) bond motifs is 15. The highest BCUT2D eigenvalue weighted by Crippen LogP contribution is 2.47. The molecule has 0 saturated heterocycles. The molecule has 5 heteroatoms. The van der Waals surface area contributed by atoms with Gasteiger partial charge in [0, 0.05) is 48.9 Å². The molecule has 1 aliphatic carbocycles. The van der Waals surface area contributed by atoms with Gasteiger partial charge in [0.1, 0.15) is 11.3 Å². The van der Waals surface area contributed by atoms with Crippen molar-refractivity contribution in [1.29, 1.82) is 0 Å². The van der Waals surface area contributed by atoms with Crippen molar-refractivity contribution in [2.24, 2.45) is 0 Å². The smallest absolute Gasteiger partial charge is 0.178 e. The molecule has 3 aromatic carbocycles. The van der Waals surface area contributed by atoms with Gasteiger partial charge in [0.2, 0.25) is 0 Å². The second-order valence-electron chi connectivity index (χ2n) is 9.30. The Morgan fingerprint density at radius 2 is 1.60 bits per heavy atom. The maximum Gasteiger partial charge on any atom is 0.178 e. The van der Waals surface area contributed by atoms with E-state index in [1.54, 1.807) is 6.20 Å². The highest BCUT2D eigenvalue weighted by molar-refractivity contribution is 7.26. The summed E-state index contributed by atoms with van der Waals surface area (Å²) >= 11 is 1.90. The predicted molar refractivity (Wildman–Crippen MR) is 144 cm³/mol. The maximum absolute atomic E-state index is 4.96. The monoisotopic (exact) mass is 464 g/mol. The van der Waals surface area contributed by atoms with Gasteiger partial charge in [0.25, 0.3) is 0 Å². The molecule has 0 saturated carbocycles. The lowest BCUT2D eigenvalue weighted by Crippen LogP contribution is -1.93. The van der Waals surface area contributed by atoms with E-state index in [-0.39, 0.29) is 0 Å². The maximum atomic E-state index is 4.96. The summed E-state index contributed by atoms with van der Waals surface area (Å²) in [5.41, 5.74) is 9.21. The van der Waals surface area contributed by atoms with Crippen molar-refractivity contribution in [3.8, 4) is 11.1 Å². The van der Waals surface area contributed by atoms with E-state index in [2.05, 4.69) is 70.0 Å². The lowest BCUT2D eigenvalue weighted by molar-refractivity contribution is 1.23. The molecule has 0 bridgehead atoms. The molecule has 0 aliphatic heterocycles. The van der Waals surface area contributed by atoms with Crippen LogP contribution in [0.25, 0.3) is 69.9 Å². The zero-order valence-electron chi connectivity index (χ0n) is 18.5. The summed E-state index contributed by atoms with van der Waals surface area (Å²) in [6.45, 7) is 0. The van der Waals surface area contributed by atoms with Crippen LogP contribution in [0.5, 0.6) is 0 Å². The number of rotatable bonds is 0. The number of imidazole rings is 1. The lowest BCUT2D eigenvalue weighted by atomic mass is 10.0. The summed E-state index contributed by atoms with van der Waals surface area (Å²) < 4.78 is 4.83. The van der Waals surface area contributed by atoms with Crippen LogP contribution in [-0.2, 0) is 6.42 Å². The molecule has 1 aliphatic rings. The first-order valence-electron chi connectivity index (χ1n) is 11.8. The van der Waals surface area contributed by atoms with E-state index in [1.807, 2.05) is 29.7 Å². The number of nitrogens with zero attached hydrogens (tertiary/aromatic N) is 4. The van der Waals surface area contributed by atoms with Crippen LogP contribution in [0.4, 0.5) is 0 Å². The molecule has 0 atom stereocenters. The molecular weight excluding hydrogens is 448 g/mol. The fourth-order valence-corrected chi connectivity index (χ4v) is 7.30. The van der Waals surface area contributed by atoms with E-state index in [4.69, 9.17) is 9.97 Å². The van der Waals surface area contributed by atoms with Crippen molar-refractivity contribution < 1.29 is 0 Å². The van der Waals surface area contributed by atoms with E-state index >= 15 is 0 Å². The Labute approximate surface area is 203 Å². The Morgan fingerprint density at radius 3 is 2.60 bits per heavy atom. The van der Waals surface area contributed by atoms with Crippen molar-refractivity contribution >= 4 is 70.1 Å². The third kappa shape index (κ3) is 2.19. The normalized spacial score (nSPS) is 13.0. The lowest BCUT2D eigenvalue weighted by Gasteiger charge is -2.08. The minimum atomic E-state index is 0.748. The van der Waals surface area contributed by atoms with Crippen LogP contribution in [-0.4, -0.2) is 19.4 Å². The minimum Gasteiger partial charge on any atom is -0.274 e. The molecule has 162 valence electrons. The SMILES string of the molecule is c1ccc2c(c1)Cc1ccc3c(sc4cc5c(cc43)c3cccnc3n3c4cccnc4nc53)c1-2. The second kappa shape index (κ2) is 6.20. The van der Waals surface area contributed by atoms with Crippen LogP contribution >= 0.6 is 11.3 Å². The van der Waals surface area contributed by atoms with Crippen molar-refractivity contribution in [2.75, 3.05) is 0 Å². The molecule has 0 unspecified atom stereocenters. The molecule has 9 rings (SSSR count). The van der Waals surface area contributed by atoms with Crippen molar-refractivity contribution in [2.45, 2.75) is 6.42 Å². The van der Waals surface area contributed by atoms with Crippen molar-refractivity contribution in [3.05, 3.63) is 96.3 Å². The second-order valence-corrected chi connectivity index (χ2v) is 10.4. The molecule has 0 N–H and O–H groups in total. The Kier molecular flexibility index (Phi) is 3.20. The first-order chi connectivity index (χ1) is 17.3. The Balaban J connectivity index is 1.49. The van der Waals surface area contributed by atoms with E-state index in [1.165, 1.54) is 47.8 Å². The fourth-order valence-electron chi connectivity index (χ4n) is 5.99. The zero-order chi connectivity index (χ0) is 22.7. The van der Waals surface area contributed by atoms with Crippen LogP contribution < -0.4 is 0 Å². The summed E-state index contributed by atoms with van der Waals surface area (Å²) in [4.78, 5) is 14.3. The summed E-state index contributed by atoms with van der Waals surface area (Å²) in [5, 5.41) is 6.08. The molecule has 4 nitrogen and oxygen atoms in total. The number of aromatic nitrogens is 4.